The second kappa shape index (κ2) is 5.72. The van der Waals surface area contributed by atoms with Gasteiger partial charge in [0.1, 0.15) is 0 Å². The molecular formula is C13H12IN3O. The van der Waals surface area contributed by atoms with Crippen LogP contribution in [0.2, 0.25) is 0 Å². The van der Waals surface area contributed by atoms with E-state index >= 15 is 0 Å². The first-order chi connectivity index (χ1) is 8.63. The van der Waals surface area contributed by atoms with Crippen LogP contribution in [0.3, 0.4) is 0 Å². The summed E-state index contributed by atoms with van der Waals surface area (Å²) < 4.78 is 1.07. The Morgan fingerprint density at radius 2 is 1.67 bits per heavy atom. The van der Waals surface area contributed by atoms with Gasteiger partial charge in [0.15, 0.2) is 0 Å². The minimum absolute atomic E-state index is 0.276. The third-order valence-corrected chi connectivity index (χ3v) is 2.92. The number of anilines is 3. The van der Waals surface area contributed by atoms with Crippen LogP contribution in [0.5, 0.6) is 0 Å². The molecule has 0 saturated carbocycles. The summed E-state index contributed by atoms with van der Waals surface area (Å²) in [6.07, 6.45) is 0. The first-order valence-electron chi connectivity index (χ1n) is 5.32. The number of nitrogens with two attached hydrogens (primary N) is 1. The van der Waals surface area contributed by atoms with Gasteiger partial charge < -0.3 is 16.4 Å². The molecule has 18 heavy (non-hydrogen) atoms. The molecule has 0 aliphatic carbocycles. The molecule has 0 fully saturated rings. The van der Waals surface area contributed by atoms with Gasteiger partial charge in [-0.3, -0.25) is 0 Å². The number of nitrogen functional groups attached to an aromatic ring is 1. The smallest absolute Gasteiger partial charge is 0.323 e. The van der Waals surface area contributed by atoms with Crippen LogP contribution >= 0.6 is 22.6 Å². The van der Waals surface area contributed by atoms with Crippen LogP contribution in [-0.4, -0.2) is 6.03 Å². The predicted octanol–water partition coefficient (Wildman–Crippen LogP) is 3.52. The molecule has 0 aromatic heterocycles. The maximum absolute atomic E-state index is 11.7. The molecule has 2 amide bonds. The fourth-order valence-corrected chi connectivity index (χ4v) is 1.97. The summed E-state index contributed by atoms with van der Waals surface area (Å²) in [5, 5.41) is 5.49. The molecule has 0 saturated heterocycles. The zero-order valence-corrected chi connectivity index (χ0v) is 11.6. The van der Waals surface area contributed by atoms with Crippen LogP contribution in [0.15, 0.2) is 48.5 Å². The van der Waals surface area contributed by atoms with Gasteiger partial charge in [-0.25, -0.2) is 4.79 Å². The summed E-state index contributed by atoms with van der Waals surface area (Å²) >= 11 is 2.19. The van der Waals surface area contributed by atoms with E-state index in [9.17, 15) is 4.79 Å². The Hall–Kier alpha value is -1.76. The maximum Gasteiger partial charge on any atom is 0.323 e. The molecule has 0 aliphatic heterocycles. The molecule has 0 bridgehead atoms. The molecule has 2 aromatic rings. The Balaban J connectivity index is 1.98. The fourth-order valence-electron chi connectivity index (χ4n) is 1.43. The lowest BCUT2D eigenvalue weighted by molar-refractivity contribution is 0.262. The number of rotatable bonds is 2. The largest absolute Gasteiger partial charge is 0.399 e. The van der Waals surface area contributed by atoms with Crippen LogP contribution in [-0.2, 0) is 0 Å². The lowest BCUT2D eigenvalue weighted by Crippen LogP contribution is -2.19. The summed E-state index contributed by atoms with van der Waals surface area (Å²) in [6, 6.07) is 14.3. The average molecular weight is 353 g/mol. The highest BCUT2D eigenvalue weighted by Gasteiger charge is 2.02. The van der Waals surface area contributed by atoms with Gasteiger partial charge in [0.25, 0.3) is 0 Å². The summed E-state index contributed by atoms with van der Waals surface area (Å²) in [4.78, 5) is 11.7. The Morgan fingerprint density at radius 1 is 1.00 bits per heavy atom. The van der Waals surface area contributed by atoms with Gasteiger partial charge >= 0.3 is 6.03 Å². The van der Waals surface area contributed by atoms with Crippen molar-refractivity contribution >= 4 is 45.7 Å². The van der Waals surface area contributed by atoms with Gasteiger partial charge in [0.05, 0.1) is 0 Å². The van der Waals surface area contributed by atoms with Crippen molar-refractivity contribution in [2.75, 3.05) is 16.4 Å². The van der Waals surface area contributed by atoms with Crippen molar-refractivity contribution in [1.29, 1.82) is 0 Å². The third kappa shape index (κ3) is 3.63. The van der Waals surface area contributed by atoms with Gasteiger partial charge in [0, 0.05) is 20.6 Å². The second-order valence-corrected chi connectivity index (χ2v) is 4.96. The topological polar surface area (TPSA) is 67.1 Å². The van der Waals surface area contributed by atoms with E-state index in [2.05, 4.69) is 33.2 Å². The number of hydrogen-bond acceptors (Lipinski definition) is 2. The van der Waals surface area contributed by atoms with Crippen molar-refractivity contribution in [2.45, 2.75) is 0 Å². The Kier molecular flexibility index (Phi) is 4.03. The van der Waals surface area contributed by atoms with Crippen molar-refractivity contribution in [2.24, 2.45) is 0 Å². The standard InChI is InChI=1S/C13H12IN3O/c14-9-2-1-3-12(8-9)17-13(18)16-11-6-4-10(15)5-7-11/h1-8H,15H2,(H2,16,17,18). The molecule has 0 heterocycles. The highest BCUT2D eigenvalue weighted by Crippen LogP contribution is 2.14. The van der Waals surface area contributed by atoms with E-state index in [1.165, 1.54) is 0 Å². The minimum atomic E-state index is -0.276. The molecule has 0 unspecified atom stereocenters. The molecular weight excluding hydrogens is 341 g/mol. The molecule has 0 aliphatic rings. The van der Waals surface area contributed by atoms with Crippen molar-refractivity contribution in [3.05, 3.63) is 52.1 Å². The highest BCUT2D eigenvalue weighted by atomic mass is 127. The Labute approximate surface area is 119 Å². The van der Waals surface area contributed by atoms with Crippen LogP contribution in [0, 0.1) is 3.57 Å². The normalized spacial score (nSPS) is 9.83. The van der Waals surface area contributed by atoms with E-state index in [1.807, 2.05) is 24.3 Å². The minimum Gasteiger partial charge on any atom is -0.399 e. The molecule has 4 nitrogen and oxygen atoms in total. The van der Waals surface area contributed by atoms with Crippen LogP contribution in [0.4, 0.5) is 21.9 Å². The van der Waals surface area contributed by atoms with E-state index in [-0.39, 0.29) is 6.03 Å². The van der Waals surface area contributed by atoms with Gasteiger partial charge in [-0.05, 0) is 65.1 Å². The molecule has 0 radical (unpaired) electrons. The van der Waals surface area contributed by atoms with Gasteiger partial charge in [-0.15, -0.1) is 0 Å². The SMILES string of the molecule is Nc1ccc(NC(=O)Nc2cccc(I)c2)cc1. The molecule has 5 heteroatoms. The molecule has 0 spiro atoms. The van der Waals surface area contributed by atoms with Crippen molar-refractivity contribution in [3.63, 3.8) is 0 Å². The fraction of sp³-hybridized carbons (Fsp3) is 0. The lowest BCUT2D eigenvalue weighted by Gasteiger charge is -2.08. The number of hydrogen-bond donors (Lipinski definition) is 3. The number of benzene rings is 2. The highest BCUT2D eigenvalue weighted by molar-refractivity contribution is 14.1. The monoisotopic (exact) mass is 353 g/mol. The lowest BCUT2D eigenvalue weighted by atomic mass is 10.3. The molecule has 2 rings (SSSR count). The summed E-state index contributed by atoms with van der Waals surface area (Å²) in [5.74, 6) is 0. The van der Waals surface area contributed by atoms with Gasteiger partial charge in [0.2, 0.25) is 0 Å². The first kappa shape index (κ1) is 12.7. The van der Waals surface area contributed by atoms with Crippen molar-refractivity contribution in [3.8, 4) is 0 Å². The van der Waals surface area contributed by atoms with Crippen molar-refractivity contribution in [1.82, 2.24) is 0 Å². The van der Waals surface area contributed by atoms with Crippen LogP contribution in [0.1, 0.15) is 0 Å². The predicted molar refractivity (Wildman–Crippen MR) is 82.7 cm³/mol. The number of carbonyl (C=O) groups excluding carboxylic acids is 1. The summed E-state index contributed by atoms with van der Waals surface area (Å²) in [7, 11) is 0. The van der Waals surface area contributed by atoms with Crippen LogP contribution in [0.25, 0.3) is 0 Å². The van der Waals surface area contributed by atoms with Crippen LogP contribution < -0.4 is 16.4 Å². The number of nitrogens with one attached hydrogen (secondary N) is 2. The van der Waals surface area contributed by atoms with E-state index < -0.39 is 0 Å². The van der Waals surface area contributed by atoms with E-state index in [4.69, 9.17) is 5.73 Å². The third-order valence-electron chi connectivity index (χ3n) is 2.25. The number of halogens is 1. The molecule has 2 aromatic carbocycles. The summed E-state index contributed by atoms with van der Waals surface area (Å²) in [6.45, 7) is 0. The number of amides is 2. The molecule has 92 valence electrons. The zero-order chi connectivity index (χ0) is 13.0. The van der Waals surface area contributed by atoms with E-state index in [0.717, 1.165) is 9.26 Å². The molecule has 0 atom stereocenters. The Bertz CT molecular complexity index is 554. The van der Waals surface area contributed by atoms with Crippen molar-refractivity contribution < 1.29 is 4.79 Å². The van der Waals surface area contributed by atoms with Gasteiger partial charge in [-0.2, -0.15) is 0 Å². The zero-order valence-electron chi connectivity index (χ0n) is 9.48. The maximum atomic E-state index is 11.7. The van der Waals surface area contributed by atoms with E-state index in [0.29, 0.717) is 11.4 Å². The number of carbonyl (C=O) groups is 1. The van der Waals surface area contributed by atoms with Gasteiger partial charge in [-0.1, -0.05) is 6.07 Å². The second-order valence-electron chi connectivity index (χ2n) is 3.71. The Morgan fingerprint density at radius 3 is 2.33 bits per heavy atom. The quantitative estimate of drug-likeness (QED) is 0.571. The first-order valence-corrected chi connectivity index (χ1v) is 6.40. The average Bonchev–Trinajstić information content (AvgIpc) is 2.32. The van der Waals surface area contributed by atoms with E-state index in [1.54, 1.807) is 24.3 Å². The summed E-state index contributed by atoms with van der Waals surface area (Å²) in [5.41, 5.74) is 7.69. The molecule has 4 N–H and O–H groups in total. The number of urea groups is 1.